The lowest BCUT2D eigenvalue weighted by Crippen LogP contribution is -2.37. The number of thiophene rings is 1. The van der Waals surface area contributed by atoms with Gasteiger partial charge in [0.25, 0.3) is 5.91 Å². The number of hydrogen-bond acceptors (Lipinski definition) is 4. The van der Waals surface area contributed by atoms with Gasteiger partial charge in [-0.25, -0.2) is 0 Å². The third-order valence-electron chi connectivity index (χ3n) is 3.37. The third kappa shape index (κ3) is 2.74. The molecule has 1 aliphatic rings. The summed E-state index contributed by atoms with van der Waals surface area (Å²) < 4.78 is 28.8. The Labute approximate surface area is 117 Å². The Morgan fingerprint density at radius 3 is 2.80 bits per heavy atom. The van der Waals surface area contributed by atoms with Crippen molar-refractivity contribution in [2.45, 2.75) is 26.0 Å². The van der Waals surface area contributed by atoms with E-state index in [1.165, 1.54) is 16.3 Å². The van der Waals surface area contributed by atoms with Crippen molar-refractivity contribution in [1.29, 1.82) is 0 Å². The maximum Gasteiger partial charge on any atom is 0.387 e. The lowest BCUT2D eigenvalue weighted by Gasteiger charge is -2.23. The fourth-order valence-corrected chi connectivity index (χ4v) is 3.11. The molecule has 0 aromatic carbocycles. The van der Waals surface area contributed by atoms with Gasteiger partial charge >= 0.3 is 12.6 Å². The molecule has 0 radical (unpaired) electrons. The number of amides is 1. The van der Waals surface area contributed by atoms with Gasteiger partial charge < -0.3 is 14.7 Å². The first-order valence-corrected chi connectivity index (χ1v) is 6.86. The maximum absolute atomic E-state index is 12.3. The summed E-state index contributed by atoms with van der Waals surface area (Å²) in [6.45, 7) is -1.06. The fourth-order valence-electron chi connectivity index (χ4n) is 2.33. The Balaban J connectivity index is 2.16. The average molecular weight is 305 g/mol. The molecule has 2 atom stereocenters. The van der Waals surface area contributed by atoms with E-state index >= 15 is 0 Å². The van der Waals surface area contributed by atoms with Crippen LogP contribution in [0.1, 0.15) is 23.0 Å². The number of rotatable bonds is 4. The first-order chi connectivity index (χ1) is 9.41. The van der Waals surface area contributed by atoms with Crippen LogP contribution in [0, 0.1) is 5.92 Å². The summed E-state index contributed by atoms with van der Waals surface area (Å²) in [5, 5.41) is 10.5. The van der Waals surface area contributed by atoms with Crippen molar-refractivity contribution in [3.05, 3.63) is 16.3 Å². The molecule has 20 heavy (non-hydrogen) atoms. The van der Waals surface area contributed by atoms with Crippen molar-refractivity contribution in [3.8, 4) is 5.75 Å². The molecule has 5 nitrogen and oxygen atoms in total. The van der Waals surface area contributed by atoms with Crippen LogP contribution >= 0.6 is 11.3 Å². The molecule has 2 rings (SSSR count). The van der Waals surface area contributed by atoms with E-state index in [0.717, 1.165) is 11.3 Å². The number of hydrogen-bond donors (Lipinski definition) is 1. The number of halogens is 2. The minimum absolute atomic E-state index is 0.0724. The number of likely N-dealkylation sites (tertiary alicyclic amines) is 1. The van der Waals surface area contributed by atoms with Crippen LogP contribution < -0.4 is 4.74 Å². The highest BCUT2D eigenvalue weighted by atomic mass is 32.1. The monoisotopic (exact) mass is 305 g/mol. The van der Waals surface area contributed by atoms with Crippen LogP contribution in [0.25, 0.3) is 0 Å². The van der Waals surface area contributed by atoms with E-state index in [4.69, 9.17) is 5.11 Å². The molecule has 1 aromatic rings. The van der Waals surface area contributed by atoms with Gasteiger partial charge in [0.05, 0.1) is 5.92 Å². The van der Waals surface area contributed by atoms with Gasteiger partial charge in [-0.05, 0) is 24.8 Å². The smallest absolute Gasteiger partial charge is 0.387 e. The Morgan fingerprint density at radius 2 is 2.25 bits per heavy atom. The predicted molar refractivity (Wildman–Crippen MR) is 67.2 cm³/mol. The van der Waals surface area contributed by atoms with Crippen molar-refractivity contribution in [2.75, 3.05) is 6.54 Å². The molecule has 1 N–H and O–H groups in total. The second-order valence-corrected chi connectivity index (χ2v) is 5.38. The summed E-state index contributed by atoms with van der Waals surface area (Å²) in [6, 6.07) is 0.834. The summed E-state index contributed by atoms with van der Waals surface area (Å²) in [5.74, 6) is -2.21. The molecule has 0 bridgehead atoms. The topological polar surface area (TPSA) is 66.8 Å². The molecule has 2 unspecified atom stereocenters. The van der Waals surface area contributed by atoms with Crippen LogP contribution in [-0.4, -0.2) is 41.1 Å². The molecule has 0 spiro atoms. The van der Waals surface area contributed by atoms with E-state index in [9.17, 15) is 18.4 Å². The molecule has 2 heterocycles. The van der Waals surface area contributed by atoms with Crippen molar-refractivity contribution < 1.29 is 28.2 Å². The van der Waals surface area contributed by atoms with E-state index < -0.39 is 30.4 Å². The SMILES string of the molecule is CC1C(C(=O)O)CCN1C(=O)c1sccc1OC(F)F. The lowest BCUT2D eigenvalue weighted by molar-refractivity contribution is -0.142. The molecule has 0 aliphatic carbocycles. The van der Waals surface area contributed by atoms with Crippen molar-refractivity contribution in [1.82, 2.24) is 4.90 Å². The molecular weight excluding hydrogens is 292 g/mol. The second-order valence-electron chi connectivity index (χ2n) is 4.47. The maximum atomic E-state index is 12.3. The summed E-state index contributed by atoms with van der Waals surface area (Å²) in [4.78, 5) is 24.8. The van der Waals surface area contributed by atoms with Gasteiger partial charge in [0.1, 0.15) is 10.6 Å². The molecule has 110 valence electrons. The molecular formula is C12H13F2NO4S. The zero-order valence-electron chi connectivity index (χ0n) is 10.6. The quantitative estimate of drug-likeness (QED) is 0.927. The molecule has 1 saturated heterocycles. The van der Waals surface area contributed by atoms with Crippen molar-refractivity contribution >= 4 is 23.2 Å². The van der Waals surface area contributed by atoms with E-state index in [-0.39, 0.29) is 10.6 Å². The average Bonchev–Trinajstić information content (AvgIpc) is 2.94. The van der Waals surface area contributed by atoms with Gasteiger partial charge in [-0.3, -0.25) is 9.59 Å². The van der Waals surface area contributed by atoms with E-state index in [0.29, 0.717) is 13.0 Å². The van der Waals surface area contributed by atoms with Gasteiger partial charge in [-0.1, -0.05) is 0 Å². The largest absolute Gasteiger partial charge is 0.481 e. The first kappa shape index (κ1) is 14.7. The van der Waals surface area contributed by atoms with Crippen LogP contribution in [0.2, 0.25) is 0 Å². The zero-order chi connectivity index (χ0) is 14.9. The number of nitrogens with zero attached hydrogens (tertiary/aromatic N) is 1. The van der Waals surface area contributed by atoms with E-state index in [2.05, 4.69) is 4.74 Å². The van der Waals surface area contributed by atoms with E-state index in [1.54, 1.807) is 6.92 Å². The Hall–Kier alpha value is -1.70. The number of carbonyl (C=O) groups is 2. The molecule has 0 saturated carbocycles. The normalized spacial score (nSPS) is 22.3. The van der Waals surface area contributed by atoms with Crippen LogP contribution in [0.3, 0.4) is 0 Å². The Kier molecular flexibility index (Phi) is 4.22. The van der Waals surface area contributed by atoms with Crippen LogP contribution in [0.15, 0.2) is 11.4 Å². The predicted octanol–water partition coefficient (Wildman–Crippen LogP) is 2.28. The van der Waals surface area contributed by atoms with Gasteiger partial charge in [-0.2, -0.15) is 8.78 Å². The fraction of sp³-hybridized carbons (Fsp3) is 0.500. The van der Waals surface area contributed by atoms with Crippen LogP contribution in [-0.2, 0) is 4.79 Å². The Bertz CT molecular complexity index is 519. The molecule has 1 amide bonds. The highest BCUT2D eigenvalue weighted by Crippen LogP contribution is 2.32. The van der Waals surface area contributed by atoms with Crippen molar-refractivity contribution in [2.24, 2.45) is 5.92 Å². The Morgan fingerprint density at radius 1 is 1.55 bits per heavy atom. The van der Waals surface area contributed by atoms with Crippen LogP contribution in [0.4, 0.5) is 8.78 Å². The summed E-state index contributed by atoms with van der Waals surface area (Å²) >= 11 is 1.00. The standard InChI is InChI=1S/C12H13F2NO4S/c1-6-7(11(17)18)2-4-15(6)10(16)9-8(3-5-20-9)19-12(13)14/h3,5-7,12H,2,4H2,1H3,(H,17,18). The molecule has 1 fully saturated rings. The van der Waals surface area contributed by atoms with Crippen molar-refractivity contribution in [3.63, 3.8) is 0 Å². The van der Waals surface area contributed by atoms with E-state index in [1.807, 2.05) is 0 Å². The lowest BCUT2D eigenvalue weighted by atomic mass is 10.0. The number of aliphatic carboxylic acids is 1. The minimum Gasteiger partial charge on any atom is -0.481 e. The highest BCUT2D eigenvalue weighted by Gasteiger charge is 2.39. The summed E-state index contributed by atoms with van der Waals surface area (Å²) in [7, 11) is 0. The molecule has 1 aromatic heterocycles. The summed E-state index contributed by atoms with van der Waals surface area (Å²) in [5.41, 5.74) is 0. The number of alkyl halides is 2. The number of carbonyl (C=O) groups excluding carboxylic acids is 1. The molecule has 1 aliphatic heterocycles. The van der Waals surface area contributed by atoms with Gasteiger partial charge in [0.2, 0.25) is 0 Å². The first-order valence-electron chi connectivity index (χ1n) is 5.98. The van der Waals surface area contributed by atoms with Gasteiger partial charge in [-0.15, -0.1) is 11.3 Å². The highest BCUT2D eigenvalue weighted by molar-refractivity contribution is 7.12. The second kappa shape index (κ2) is 5.74. The zero-order valence-corrected chi connectivity index (χ0v) is 11.4. The number of carboxylic acids is 1. The number of ether oxygens (including phenoxy) is 1. The summed E-state index contributed by atoms with van der Waals surface area (Å²) in [6.07, 6.45) is 0.360. The van der Waals surface area contributed by atoms with Gasteiger partial charge in [0.15, 0.2) is 0 Å². The minimum atomic E-state index is -3.00. The third-order valence-corrected chi connectivity index (χ3v) is 4.26. The molecule has 8 heteroatoms. The van der Waals surface area contributed by atoms with Crippen LogP contribution in [0.5, 0.6) is 5.75 Å². The number of carboxylic acid groups (broad SMARTS) is 1. The van der Waals surface area contributed by atoms with Gasteiger partial charge in [0, 0.05) is 12.6 Å².